The van der Waals surface area contributed by atoms with Gasteiger partial charge in [-0.05, 0) is 12.5 Å². The van der Waals surface area contributed by atoms with Crippen LogP contribution in [0.25, 0.3) is 5.76 Å². The number of carboxylic acids is 1. The van der Waals surface area contributed by atoms with E-state index in [1.807, 2.05) is 0 Å². The highest BCUT2D eigenvalue weighted by Gasteiger charge is 2.46. The van der Waals surface area contributed by atoms with Crippen molar-refractivity contribution in [3.8, 4) is 0 Å². The molecule has 6 nitrogen and oxygen atoms in total. The molecule has 1 aliphatic rings. The van der Waals surface area contributed by atoms with Gasteiger partial charge in [0.1, 0.15) is 11.6 Å². The van der Waals surface area contributed by atoms with Crippen molar-refractivity contribution in [3.05, 3.63) is 77.1 Å². The van der Waals surface area contributed by atoms with Gasteiger partial charge in [0.05, 0.1) is 11.6 Å². The Balaban J connectivity index is 2.11. The number of benzene rings is 2. The summed E-state index contributed by atoms with van der Waals surface area (Å²) in [6.07, 6.45) is -0.107. The minimum atomic E-state index is -1.13. The van der Waals surface area contributed by atoms with E-state index in [1.165, 1.54) is 18.2 Å². The summed E-state index contributed by atoms with van der Waals surface area (Å²) in [5.41, 5.74) is 0.179. The lowest BCUT2D eigenvalue weighted by Crippen LogP contribution is -2.31. The molecule has 0 saturated carbocycles. The summed E-state index contributed by atoms with van der Waals surface area (Å²) < 4.78 is 14.5. The molecule has 0 aromatic heterocycles. The van der Waals surface area contributed by atoms with Crippen molar-refractivity contribution in [2.45, 2.75) is 18.9 Å². The van der Waals surface area contributed by atoms with Gasteiger partial charge in [0.2, 0.25) is 0 Å². The van der Waals surface area contributed by atoms with Gasteiger partial charge in [-0.2, -0.15) is 0 Å². The van der Waals surface area contributed by atoms with Crippen LogP contribution in [0, 0.1) is 5.82 Å². The molecule has 2 aromatic carbocycles. The monoisotopic (exact) mass is 383 g/mol. The van der Waals surface area contributed by atoms with Gasteiger partial charge < -0.3 is 15.1 Å². The van der Waals surface area contributed by atoms with Gasteiger partial charge in [0.25, 0.3) is 11.7 Å². The summed E-state index contributed by atoms with van der Waals surface area (Å²) in [6.45, 7) is -0.0541. The minimum Gasteiger partial charge on any atom is -0.507 e. The fraction of sp³-hybridized carbons (Fsp3) is 0.190. The summed E-state index contributed by atoms with van der Waals surface area (Å²) in [7, 11) is 0. The number of aliphatic carboxylic acids is 1. The first kappa shape index (κ1) is 19.3. The number of halogens is 1. The molecular formula is C21H18FNO5. The zero-order valence-corrected chi connectivity index (χ0v) is 14.8. The van der Waals surface area contributed by atoms with E-state index in [0.717, 1.165) is 4.90 Å². The fourth-order valence-electron chi connectivity index (χ4n) is 3.28. The Morgan fingerprint density at radius 3 is 2.29 bits per heavy atom. The first-order valence-corrected chi connectivity index (χ1v) is 8.72. The van der Waals surface area contributed by atoms with Gasteiger partial charge in [-0.15, -0.1) is 0 Å². The molecular weight excluding hydrogens is 365 g/mol. The van der Waals surface area contributed by atoms with Crippen LogP contribution < -0.4 is 0 Å². The summed E-state index contributed by atoms with van der Waals surface area (Å²) in [5.74, 6) is -3.88. The Labute approximate surface area is 160 Å². The number of Topliss-reactive ketones (excluding diaryl/α,β-unsaturated/α-hetero) is 1. The van der Waals surface area contributed by atoms with Crippen LogP contribution in [0.5, 0.6) is 0 Å². The summed E-state index contributed by atoms with van der Waals surface area (Å²) >= 11 is 0. The van der Waals surface area contributed by atoms with Crippen LogP contribution in [-0.4, -0.2) is 39.3 Å². The molecule has 1 heterocycles. The quantitative estimate of drug-likeness (QED) is 0.454. The lowest BCUT2D eigenvalue weighted by atomic mass is 9.95. The number of rotatable bonds is 6. The van der Waals surface area contributed by atoms with Crippen LogP contribution in [0.3, 0.4) is 0 Å². The standard InChI is InChI=1S/C21H18FNO5/c22-15-10-5-4-9-14(15)18-17(19(26)13-7-2-1-3-8-13)20(27)21(28)23(18)12-6-11-16(24)25/h1-5,7-10,18,26H,6,11-12H2,(H,24,25)/b19-17+/t18-/m0/s1. The van der Waals surface area contributed by atoms with Crippen molar-refractivity contribution in [2.75, 3.05) is 6.54 Å². The predicted octanol–water partition coefficient (Wildman–Crippen LogP) is 3.11. The second kappa shape index (κ2) is 8.04. The number of ketones is 1. The molecule has 3 rings (SSSR count). The first-order valence-electron chi connectivity index (χ1n) is 8.72. The molecule has 0 radical (unpaired) electrons. The number of hydrogen-bond acceptors (Lipinski definition) is 4. The normalized spacial score (nSPS) is 18.5. The molecule has 1 fully saturated rings. The maximum Gasteiger partial charge on any atom is 0.303 e. The van der Waals surface area contributed by atoms with Crippen LogP contribution in [0.2, 0.25) is 0 Å². The summed E-state index contributed by atoms with van der Waals surface area (Å²) in [6, 6.07) is 12.8. The number of hydrogen-bond donors (Lipinski definition) is 2. The molecule has 28 heavy (non-hydrogen) atoms. The van der Waals surface area contributed by atoms with E-state index in [9.17, 15) is 23.9 Å². The molecule has 1 aliphatic heterocycles. The summed E-state index contributed by atoms with van der Waals surface area (Å²) in [5, 5.41) is 19.6. The molecule has 7 heteroatoms. The van der Waals surface area contributed by atoms with E-state index >= 15 is 0 Å². The number of likely N-dealkylation sites (tertiary alicyclic amines) is 1. The van der Waals surface area contributed by atoms with Crippen molar-refractivity contribution < 1.29 is 29.0 Å². The molecule has 2 N–H and O–H groups in total. The predicted molar refractivity (Wildman–Crippen MR) is 98.7 cm³/mol. The van der Waals surface area contributed by atoms with Crippen molar-refractivity contribution >= 4 is 23.4 Å². The highest BCUT2D eigenvalue weighted by Crippen LogP contribution is 2.40. The van der Waals surface area contributed by atoms with E-state index in [-0.39, 0.29) is 30.5 Å². The molecule has 0 bridgehead atoms. The number of nitrogens with zero attached hydrogens (tertiary/aromatic N) is 1. The lowest BCUT2D eigenvalue weighted by Gasteiger charge is -2.25. The van der Waals surface area contributed by atoms with E-state index in [0.29, 0.717) is 5.56 Å². The van der Waals surface area contributed by atoms with Gasteiger partial charge in [0.15, 0.2) is 0 Å². The average molecular weight is 383 g/mol. The zero-order chi connectivity index (χ0) is 20.3. The van der Waals surface area contributed by atoms with Crippen molar-refractivity contribution in [1.82, 2.24) is 4.90 Å². The first-order chi connectivity index (χ1) is 13.4. The molecule has 1 saturated heterocycles. The third-order valence-electron chi connectivity index (χ3n) is 4.58. The van der Waals surface area contributed by atoms with Crippen molar-refractivity contribution in [3.63, 3.8) is 0 Å². The SMILES string of the molecule is O=C(O)CCCN1C(=O)C(=O)/C(=C(/O)c2ccccc2)[C@@H]1c1ccccc1F. The van der Waals surface area contributed by atoms with Gasteiger partial charge in [-0.3, -0.25) is 14.4 Å². The zero-order valence-electron chi connectivity index (χ0n) is 14.8. The highest BCUT2D eigenvalue weighted by atomic mass is 19.1. The second-order valence-corrected chi connectivity index (χ2v) is 6.38. The summed E-state index contributed by atoms with van der Waals surface area (Å²) in [4.78, 5) is 37.2. The van der Waals surface area contributed by atoms with Gasteiger partial charge in [-0.1, -0.05) is 48.5 Å². The Hall–Kier alpha value is -3.48. The number of amides is 1. The number of carbonyl (C=O) groups excluding carboxylic acids is 2. The number of aliphatic hydroxyl groups excluding tert-OH is 1. The molecule has 144 valence electrons. The maximum atomic E-state index is 14.5. The number of carboxylic acid groups (broad SMARTS) is 1. The smallest absolute Gasteiger partial charge is 0.303 e. The van der Waals surface area contributed by atoms with Gasteiger partial charge >= 0.3 is 5.97 Å². The van der Waals surface area contributed by atoms with Gasteiger partial charge in [0, 0.05) is 24.1 Å². The lowest BCUT2D eigenvalue weighted by molar-refractivity contribution is -0.140. The largest absolute Gasteiger partial charge is 0.507 e. The molecule has 1 amide bonds. The Kier molecular flexibility index (Phi) is 5.54. The topological polar surface area (TPSA) is 94.9 Å². The van der Waals surface area contributed by atoms with Crippen molar-refractivity contribution in [2.24, 2.45) is 0 Å². The number of aliphatic hydroxyl groups is 1. The third-order valence-corrected chi connectivity index (χ3v) is 4.58. The molecule has 1 atom stereocenters. The Bertz CT molecular complexity index is 954. The van der Waals surface area contributed by atoms with Crippen LogP contribution in [0.15, 0.2) is 60.2 Å². The second-order valence-electron chi connectivity index (χ2n) is 6.38. The van der Waals surface area contributed by atoms with Crippen LogP contribution >= 0.6 is 0 Å². The van der Waals surface area contributed by atoms with E-state index in [2.05, 4.69) is 0 Å². The van der Waals surface area contributed by atoms with Crippen LogP contribution in [0.4, 0.5) is 4.39 Å². The highest BCUT2D eigenvalue weighted by molar-refractivity contribution is 6.46. The Morgan fingerprint density at radius 1 is 1.00 bits per heavy atom. The van der Waals surface area contributed by atoms with E-state index < -0.39 is 35.3 Å². The third kappa shape index (κ3) is 3.64. The van der Waals surface area contributed by atoms with E-state index in [4.69, 9.17) is 5.11 Å². The van der Waals surface area contributed by atoms with E-state index in [1.54, 1.807) is 36.4 Å². The molecule has 0 aliphatic carbocycles. The van der Waals surface area contributed by atoms with Crippen LogP contribution in [-0.2, 0) is 14.4 Å². The molecule has 0 spiro atoms. The minimum absolute atomic E-state index is 0.0541. The fourth-order valence-corrected chi connectivity index (χ4v) is 3.28. The number of carbonyl (C=O) groups is 3. The maximum absolute atomic E-state index is 14.5. The van der Waals surface area contributed by atoms with Crippen LogP contribution in [0.1, 0.15) is 30.0 Å². The Morgan fingerprint density at radius 2 is 1.64 bits per heavy atom. The van der Waals surface area contributed by atoms with Crippen molar-refractivity contribution in [1.29, 1.82) is 0 Å². The average Bonchev–Trinajstić information content (AvgIpc) is 2.93. The molecule has 0 unspecified atom stereocenters. The molecule has 2 aromatic rings. The van der Waals surface area contributed by atoms with Gasteiger partial charge in [-0.25, -0.2) is 4.39 Å².